The quantitative estimate of drug-likeness (QED) is 0.779. The second-order valence-electron chi connectivity index (χ2n) is 3.46. The van der Waals surface area contributed by atoms with E-state index in [1.54, 1.807) is 6.07 Å². The third-order valence-corrected chi connectivity index (χ3v) is 3.54. The fourth-order valence-corrected chi connectivity index (χ4v) is 2.14. The molecule has 1 N–H and O–H groups in total. The summed E-state index contributed by atoms with van der Waals surface area (Å²) in [5.41, 5.74) is -0.507. The van der Waals surface area contributed by atoms with Crippen molar-refractivity contribution in [3.8, 4) is 0 Å². The van der Waals surface area contributed by atoms with Gasteiger partial charge in [-0.1, -0.05) is 13.8 Å². The highest BCUT2D eigenvalue weighted by Crippen LogP contribution is 2.25. The summed E-state index contributed by atoms with van der Waals surface area (Å²) in [6.07, 6.45) is 0.940. The number of carbonyl (C=O) groups is 1. The summed E-state index contributed by atoms with van der Waals surface area (Å²) >= 11 is 1.54. The topological polar surface area (TPSA) is 37.3 Å². The van der Waals surface area contributed by atoms with Crippen LogP contribution in [0, 0.1) is 6.92 Å². The number of thiophene rings is 1. The Morgan fingerprint density at radius 3 is 2.43 bits per heavy atom. The number of aliphatic hydroxyl groups is 1. The Morgan fingerprint density at radius 1 is 1.50 bits per heavy atom. The molecule has 1 heterocycles. The smallest absolute Gasteiger partial charge is 0.195 e. The third-order valence-electron chi connectivity index (χ3n) is 2.70. The lowest BCUT2D eigenvalue weighted by molar-refractivity contribution is 0.0277. The van der Waals surface area contributed by atoms with Crippen LogP contribution in [0.2, 0.25) is 0 Å². The van der Waals surface area contributed by atoms with Crippen molar-refractivity contribution in [3.63, 3.8) is 0 Å². The molecule has 0 unspecified atom stereocenters. The van der Waals surface area contributed by atoms with E-state index in [1.165, 1.54) is 11.3 Å². The summed E-state index contributed by atoms with van der Waals surface area (Å²) in [7, 11) is 0. The van der Waals surface area contributed by atoms with Gasteiger partial charge in [0.1, 0.15) is 5.60 Å². The zero-order valence-corrected chi connectivity index (χ0v) is 9.65. The molecule has 0 spiro atoms. The standard InChI is InChI=1S/C11H16O2S/c1-4-11(13,5-2)10(12)9-6-7-14-8(9)3/h6-7,13H,4-5H2,1-3H3. The van der Waals surface area contributed by atoms with Gasteiger partial charge in [0.15, 0.2) is 5.78 Å². The first-order valence-electron chi connectivity index (χ1n) is 4.86. The van der Waals surface area contributed by atoms with Gasteiger partial charge in [0.05, 0.1) is 0 Å². The molecular weight excluding hydrogens is 196 g/mol. The summed E-state index contributed by atoms with van der Waals surface area (Å²) in [5, 5.41) is 11.9. The molecule has 78 valence electrons. The van der Waals surface area contributed by atoms with Crippen molar-refractivity contribution >= 4 is 17.1 Å². The van der Waals surface area contributed by atoms with Gasteiger partial charge in [-0.3, -0.25) is 4.79 Å². The fraction of sp³-hybridized carbons (Fsp3) is 0.545. The molecule has 2 nitrogen and oxygen atoms in total. The number of hydrogen-bond donors (Lipinski definition) is 1. The Morgan fingerprint density at radius 2 is 2.07 bits per heavy atom. The van der Waals surface area contributed by atoms with Crippen LogP contribution in [0.25, 0.3) is 0 Å². The van der Waals surface area contributed by atoms with Gasteiger partial charge in [0, 0.05) is 10.4 Å². The molecule has 3 heteroatoms. The van der Waals surface area contributed by atoms with Crippen LogP contribution in [0.4, 0.5) is 0 Å². The average molecular weight is 212 g/mol. The van der Waals surface area contributed by atoms with Gasteiger partial charge in [0.2, 0.25) is 0 Å². The van der Waals surface area contributed by atoms with Gasteiger partial charge >= 0.3 is 0 Å². The molecule has 0 bridgehead atoms. The monoisotopic (exact) mass is 212 g/mol. The van der Waals surface area contributed by atoms with E-state index in [9.17, 15) is 9.90 Å². The summed E-state index contributed by atoms with van der Waals surface area (Å²) in [4.78, 5) is 12.9. The fourth-order valence-electron chi connectivity index (χ4n) is 1.44. The molecule has 0 aromatic carbocycles. The van der Waals surface area contributed by atoms with Crippen LogP contribution in [0.15, 0.2) is 11.4 Å². The van der Waals surface area contributed by atoms with Crippen LogP contribution in [0.3, 0.4) is 0 Å². The summed E-state index contributed by atoms with van der Waals surface area (Å²) in [6.45, 7) is 5.58. The van der Waals surface area contributed by atoms with Crippen LogP contribution in [-0.2, 0) is 0 Å². The highest BCUT2D eigenvalue weighted by Gasteiger charge is 2.33. The zero-order chi connectivity index (χ0) is 10.8. The second kappa shape index (κ2) is 4.24. The minimum absolute atomic E-state index is 0.138. The molecule has 1 aromatic rings. The van der Waals surface area contributed by atoms with E-state index in [2.05, 4.69) is 0 Å². The molecule has 14 heavy (non-hydrogen) atoms. The predicted octanol–water partition coefficient (Wildman–Crippen LogP) is 2.79. The van der Waals surface area contributed by atoms with Crippen molar-refractivity contribution < 1.29 is 9.90 Å². The number of ketones is 1. The van der Waals surface area contributed by atoms with Crippen molar-refractivity contribution in [2.24, 2.45) is 0 Å². The molecule has 1 rings (SSSR count). The first-order valence-corrected chi connectivity index (χ1v) is 5.74. The van der Waals surface area contributed by atoms with Gasteiger partial charge < -0.3 is 5.11 Å². The van der Waals surface area contributed by atoms with E-state index in [1.807, 2.05) is 26.2 Å². The molecule has 1 aromatic heterocycles. The summed E-state index contributed by atoms with van der Waals surface area (Å²) in [6, 6.07) is 1.79. The lowest BCUT2D eigenvalue weighted by atomic mass is 9.88. The summed E-state index contributed by atoms with van der Waals surface area (Å²) in [5.74, 6) is -0.138. The number of Topliss-reactive ketones (excluding diaryl/α,β-unsaturated/α-hetero) is 1. The number of aryl methyl sites for hydroxylation is 1. The molecule has 0 atom stereocenters. The van der Waals surface area contributed by atoms with Crippen LogP contribution in [0.5, 0.6) is 0 Å². The van der Waals surface area contributed by atoms with E-state index in [-0.39, 0.29) is 5.78 Å². The maximum Gasteiger partial charge on any atom is 0.195 e. The molecule has 0 aliphatic rings. The molecule has 0 radical (unpaired) electrons. The normalized spacial score (nSPS) is 11.7. The largest absolute Gasteiger partial charge is 0.382 e. The van der Waals surface area contributed by atoms with Gasteiger partial charge in [-0.15, -0.1) is 11.3 Å². The van der Waals surface area contributed by atoms with Crippen molar-refractivity contribution in [1.82, 2.24) is 0 Å². The number of hydrogen-bond acceptors (Lipinski definition) is 3. The van der Waals surface area contributed by atoms with Crippen molar-refractivity contribution in [2.75, 3.05) is 0 Å². The third kappa shape index (κ3) is 1.88. The Hall–Kier alpha value is -0.670. The SMILES string of the molecule is CCC(O)(CC)C(=O)c1ccsc1C. The Balaban J connectivity index is 3.01. The molecule has 0 saturated carbocycles. The first kappa shape index (κ1) is 11.4. The van der Waals surface area contributed by atoms with E-state index in [4.69, 9.17) is 0 Å². The minimum Gasteiger partial charge on any atom is -0.382 e. The van der Waals surface area contributed by atoms with Crippen LogP contribution < -0.4 is 0 Å². The van der Waals surface area contributed by atoms with Crippen LogP contribution in [-0.4, -0.2) is 16.5 Å². The lowest BCUT2D eigenvalue weighted by Gasteiger charge is -2.23. The first-order chi connectivity index (χ1) is 6.55. The molecule has 0 fully saturated rings. The van der Waals surface area contributed by atoms with Gasteiger partial charge in [-0.25, -0.2) is 0 Å². The van der Waals surface area contributed by atoms with Crippen LogP contribution >= 0.6 is 11.3 Å². The zero-order valence-electron chi connectivity index (χ0n) is 8.83. The Kier molecular flexibility index (Phi) is 3.45. The Bertz CT molecular complexity index is 324. The maximum absolute atomic E-state index is 12.0. The highest BCUT2D eigenvalue weighted by atomic mass is 32.1. The molecule has 0 saturated heterocycles. The van der Waals surface area contributed by atoms with E-state index in [0.29, 0.717) is 18.4 Å². The van der Waals surface area contributed by atoms with Gasteiger partial charge in [-0.05, 0) is 31.2 Å². The second-order valence-corrected chi connectivity index (χ2v) is 4.58. The highest BCUT2D eigenvalue weighted by molar-refractivity contribution is 7.10. The number of carbonyl (C=O) groups excluding carboxylic acids is 1. The summed E-state index contributed by atoms with van der Waals surface area (Å²) < 4.78 is 0. The van der Waals surface area contributed by atoms with E-state index >= 15 is 0 Å². The van der Waals surface area contributed by atoms with E-state index < -0.39 is 5.60 Å². The maximum atomic E-state index is 12.0. The van der Waals surface area contributed by atoms with Crippen molar-refractivity contribution in [2.45, 2.75) is 39.2 Å². The molecule has 0 aliphatic carbocycles. The van der Waals surface area contributed by atoms with Gasteiger partial charge in [-0.2, -0.15) is 0 Å². The average Bonchev–Trinajstić information content (AvgIpc) is 2.62. The van der Waals surface area contributed by atoms with E-state index in [0.717, 1.165) is 4.88 Å². The lowest BCUT2D eigenvalue weighted by Crippen LogP contribution is -2.37. The van der Waals surface area contributed by atoms with Crippen molar-refractivity contribution in [3.05, 3.63) is 21.9 Å². The van der Waals surface area contributed by atoms with Crippen molar-refractivity contribution in [1.29, 1.82) is 0 Å². The molecule has 0 aliphatic heterocycles. The predicted molar refractivity (Wildman–Crippen MR) is 58.9 cm³/mol. The number of rotatable bonds is 4. The molecular formula is C11H16O2S. The Labute approximate surface area is 88.6 Å². The molecule has 0 amide bonds. The minimum atomic E-state index is -1.17. The van der Waals surface area contributed by atoms with Crippen LogP contribution in [0.1, 0.15) is 41.9 Å². The van der Waals surface area contributed by atoms with Gasteiger partial charge in [0.25, 0.3) is 0 Å².